The molecule has 1 aromatic carbocycles. The maximum atomic E-state index is 14.4. The largest absolute Gasteiger partial charge is 0.444 e. The summed E-state index contributed by atoms with van der Waals surface area (Å²) in [5.41, 5.74) is -1.78. The van der Waals surface area contributed by atoms with Crippen molar-refractivity contribution in [2.45, 2.75) is 45.6 Å². The number of Topliss-reactive ketones (excluding diaryl/α,β-unsaturated/α-hetero) is 1. The van der Waals surface area contributed by atoms with Crippen molar-refractivity contribution in [3.05, 3.63) is 35.1 Å². The van der Waals surface area contributed by atoms with Crippen molar-refractivity contribution in [3.63, 3.8) is 0 Å². The molecule has 1 saturated heterocycles. The average Bonchev–Trinajstić information content (AvgIpc) is 2.40. The topological polar surface area (TPSA) is 46.6 Å². The monoisotopic (exact) mass is 357 g/mol. The first-order valence-corrected chi connectivity index (χ1v) is 8.06. The van der Waals surface area contributed by atoms with E-state index in [0.717, 1.165) is 13.0 Å². The predicted octanol–water partition coefficient (Wildman–Crippen LogP) is 4.38. The maximum absolute atomic E-state index is 14.4. The van der Waals surface area contributed by atoms with Crippen LogP contribution in [0.2, 0.25) is 0 Å². The van der Waals surface area contributed by atoms with Gasteiger partial charge in [-0.2, -0.15) is 0 Å². The Hall–Kier alpha value is -2.05. The van der Waals surface area contributed by atoms with Gasteiger partial charge in [0.15, 0.2) is 5.78 Å². The highest BCUT2D eigenvalue weighted by molar-refractivity contribution is 5.94. The normalized spacial score (nSPS) is 15.7. The summed E-state index contributed by atoms with van der Waals surface area (Å²) < 4.78 is 48.3. The molecule has 0 spiro atoms. The van der Waals surface area contributed by atoms with Crippen LogP contribution in [0, 0.1) is 11.7 Å². The number of halogens is 3. The van der Waals surface area contributed by atoms with Gasteiger partial charge in [0.2, 0.25) is 0 Å². The van der Waals surface area contributed by atoms with Gasteiger partial charge in [-0.1, -0.05) is 12.1 Å². The molecular formula is C18H22F3NO3. The number of amides is 1. The van der Waals surface area contributed by atoms with E-state index in [1.807, 2.05) is 0 Å². The smallest absolute Gasteiger partial charge is 0.410 e. The average molecular weight is 357 g/mol. The lowest BCUT2D eigenvalue weighted by atomic mass is 9.89. The van der Waals surface area contributed by atoms with Crippen LogP contribution in [0.3, 0.4) is 0 Å². The minimum Gasteiger partial charge on any atom is -0.444 e. The molecule has 0 unspecified atom stereocenters. The van der Waals surface area contributed by atoms with E-state index in [4.69, 9.17) is 4.74 Å². The molecule has 0 aliphatic carbocycles. The summed E-state index contributed by atoms with van der Waals surface area (Å²) in [6, 6.07) is 3.42. The van der Waals surface area contributed by atoms with Crippen LogP contribution >= 0.6 is 0 Å². The summed E-state index contributed by atoms with van der Waals surface area (Å²) >= 11 is 0. The van der Waals surface area contributed by atoms with E-state index in [-0.39, 0.29) is 18.7 Å². The zero-order valence-corrected chi connectivity index (χ0v) is 14.7. The number of hydrogen-bond donors (Lipinski definition) is 0. The van der Waals surface area contributed by atoms with E-state index < -0.39 is 47.1 Å². The first kappa shape index (κ1) is 19.3. The van der Waals surface area contributed by atoms with Crippen molar-refractivity contribution in [1.29, 1.82) is 0 Å². The third-order valence-electron chi connectivity index (χ3n) is 3.93. The van der Waals surface area contributed by atoms with Gasteiger partial charge in [0, 0.05) is 25.4 Å². The molecule has 0 saturated carbocycles. The number of alkyl halides is 2. The zero-order valence-electron chi connectivity index (χ0n) is 14.7. The number of likely N-dealkylation sites (tertiary alicyclic amines) is 1. The highest BCUT2D eigenvalue weighted by Crippen LogP contribution is 2.39. The first-order valence-electron chi connectivity index (χ1n) is 8.06. The molecule has 0 bridgehead atoms. The summed E-state index contributed by atoms with van der Waals surface area (Å²) in [5.74, 6) is -5.65. The maximum Gasteiger partial charge on any atom is 0.410 e. The Morgan fingerprint density at radius 1 is 1.24 bits per heavy atom. The minimum absolute atomic E-state index is 0.137. The first-order chi connectivity index (χ1) is 11.4. The van der Waals surface area contributed by atoms with Gasteiger partial charge < -0.3 is 9.64 Å². The van der Waals surface area contributed by atoms with Crippen molar-refractivity contribution in [2.75, 3.05) is 13.1 Å². The number of benzene rings is 1. The van der Waals surface area contributed by atoms with Crippen LogP contribution in [-0.2, 0) is 10.7 Å². The second kappa shape index (κ2) is 6.69. The summed E-state index contributed by atoms with van der Waals surface area (Å²) in [5, 5.41) is 0. The van der Waals surface area contributed by atoms with Crippen molar-refractivity contribution in [1.82, 2.24) is 4.90 Å². The Bertz CT molecular complexity index is 677. The molecule has 1 aliphatic heterocycles. The summed E-state index contributed by atoms with van der Waals surface area (Å²) in [6.07, 6.45) is -1.14. The fraction of sp³-hybridized carbons (Fsp3) is 0.556. The number of hydrogen-bond acceptors (Lipinski definition) is 3. The van der Waals surface area contributed by atoms with Gasteiger partial charge in [0.25, 0.3) is 5.92 Å². The highest BCUT2D eigenvalue weighted by atomic mass is 19.3. The number of ketones is 1. The van der Waals surface area contributed by atoms with Crippen LogP contribution in [0.4, 0.5) is 18.0 Å². The lowest BCUT2D eigenvalue weighted by Gasteiger charge is -2.41. The van der Waals surface area contributed by atoms with Crippen LogP contribution in [-0.4, -0.2) is 35.5 Å². The highest BCUT2D eigenvalue weighted by Gasteiger charge is 2.43. The number of carbonyl (C=O) groups is 2. The van der Waals surface area contributed by atoms with Gasteiger partial charge in [-0.25, -0.2) is 18.0 Å². The Balaban J connectivity index is 2.01. The molecule has 138 valence electrons. The van der Waals surface area contributed by atoms with Gasteiger partial charge in [0.1, 0.15) is 11.4 Å². The molecule has 1 aromatic rings. The van der Waals surface area contributed by atoms with Crippen molar-refractivity contribution >= 4 is 11.9 Å². The van der Waals surface area contributed by atoms with Crippen LogP contribution in [0.25, 0.3) is 0 Å². The molecule has 1 amide bonds. The van der Waals surface area contributed by atoms with Crippen molar-refractivity contribution in [2.24, 2.45) is 5.92 Å². The number of nitrogens with zero attached hydrogens (tertiary/aromatic N) is 1. The Morgan fingerprint density at radius 2 is 1.84 bits per heavy atom. The van der Waals surface area contributed by atoms with Gasteiger partial charge in [-0.3, -0.25) is 4.79 Å². The third kappa shape index (κ3) is 4.52. The van der Waals surface area contributed by atoms with E-state index in [2.05, 4.69) is 0 Å². The van der Waals surface area contributed by atoms with E-state index >= 15 is 0 Å². The SMILES string of the molecule is CC(=O)c1cccc(C(F)(F)CC2CN(C(=O)OC(C)(C)C)C2)c1F. The second-order valence-electron chi connectivity index (χ2n) is 7.38. The van der Waals surface area contributed by atoms with Crippen molar-refractivity contribution < 1.29 is 27.5 Å². The summed E-state index contributed by atoms with van der Waals surface area (Å²) in [6.45, 7) is 6.57. The zero-order chi connectivity index (χ0) is 19.0. The number of carbonyl (C=O) groups excluding carboxylic acids is 2. The van der Waals surface area contributed by atoms with E-state index in [1.165, 1.54) is 17.0 Å². The van der Waals surface area contributed by atoms with Gasteiger partial charge in [-0.05, 0) is 33.8 Å². The molecular weight excluding hydrogens is 335 g/mol. The van der Waals surface area contributed by atoms with Crippen molar-refractivity contribution in [3.8, 4) is 0 Å². The Kier molecular flexibility index (Phi) is 5.16. The molecule has 0 radical (unpaired) electrons. The molecule has 4 nitrogen and oxygen atoms in total. The standard InChI is InChI=1S/C18H22F3NO3/c1-11(23)13-6-5-7-14(15(13)19)18(20,21)8-12-9-22(10-12)16(24)25-17(2,3)4/h5-7,12H,8-10H2,1-4H3. The Morgan fingerprint density at radius 3 is 2.36 bits per heavy atom. The Labute approximate surface area is 144 Å². The van der Waals surface area contributed by atoms with Crippen LogP contribution in [0.15, 0.2) is 18.2 Å². The number of rotatable bonds is 4. The molecule has 7 heteroatoms. The predicted molar refractivity (Wildman–Crippen MR) is 86.2 cm³/mol. The van der Waals surface area contributed by atoms with E-state index in [0.29, 0.717) is 0 Å². The molecule has 25 heavy (non-hydrogen) atoms. The summed E-state index contributed by atoms with van der Waals surface area (Å²) in [7, 11) is 0. The fourth-order valence-electron chi connectivity index (χ4n) is 2.73. The van der Waals surface area contributed by atoms with E-state index in [9.17, 15) is 22.8 Å². The van der Waals surface area contributed by atoms with Gasteiger partial charge in [-0.15, -0.1) is 0 Å². The quantitative estimate of drug-likeness (QED) is 0.752. The fourth-order valence-corrected chi connectivity index (χ4v) is 2.73. The number of ether oxygens (including phenoxy) is 1. The molecule has 2 rings (SSSR count). The van der Waals surface area contributed by atoms with Crippen LogP contribution in [0.5, 0.6) is 0 Å². The lowest BCUT2D eigenvalue weighted by molar-refractivity contribution is -0.0631. The third-order valence-corrected chi connectivity index (χ3v) is 3.93. The summed E-state index contributed by atoms with van der Waals surface area (Å²) in [4.78, 5) is 24.5. The second-order valence-corrected chi connectivity index (χ2v) is 7.38. The van der Waals surface area contributed by atoms with E-state index in [1.54, 1.807) is 20.8 Å². The lowest BCUT2D eigenvalue weighted by Crippen LogP contribution is -2.52. The molecule has 0 atom stereocenters. The molecule has 0 aromatic heterocycles. The minimum atomic E-state index is -3.42. The van der Waals surface area contributed by atoms with Gasteiger partial charge >= 0.3 is 6.09 Å². The molecule has 1 heterocycles. The van der Waals surface area contributed by atoms with Crippen LogP contribution < -0.4 is 0 Å². The van der Waals surface area contributed by atoms with Crippen LogP contribution in [0.1, 0.15) is 50.0 Å². The van der Waals surface area contributed by atoms with Gasteiger partial charge in [0.05, 0.1) is 11.1 Å². The molecule has 1 aliphatic rings. The molecule has 1 fully saturated rings. The molecule has 0 N–H and O–H groups in total.